The first-order valence-corrected chi connectivity index (χ1v) is 6.10. The van der Waals surface area contributed by atoms with Crippen molar-refractivity contribution in [1.29, 1.82) is 0 Å². The van der Waals surface area contributed by atoms with E-state index >= 15 is 0 Å². The second-order valence-corrected chi connectivity index (χ2v) is 4.96. The molecule has 0 radical (unpaired) electrons. The molecular weight excluding hydrogens is 254 g/mol. The number of hydrogen-bond acceptors (Lipinski definition) is 3. The van der Waals surface area contributed by atoms with E-state index in [4.69, 9.17) is 0 Å². The summed E-state index contributed by atoms with van der Waals surface area (Å²) in [5.41, 5.74) is 2.02. The highest BCUT2D eigenvalue weighted by Gasteiger charge is 2.23. The van der Waals surface area contributed by atoms with Crippen molar-refractivity contribution in [3.63, 3.8) is 0 Å². The Morgan fingerprint density at radius 1 is 1.33 bits per heavy atom. The van der Waals surface area contributed by atoms with E-state index in [-0.39, 0.29) is 5.54 Å². The summed E-state index contributed by atoms with van der Waals surface area (Å²) in [6, 6.07) is 0. The molecule has 0 fully saturated rings. The molecule has 0 saturated heterocycles. The topological polar surface area (TPSA) is 29.0 Å². The molecule has 0 aromatic carbocycles. The zero-order valence-corrected chi connectivity index (χ0v) is 11.6. The third kappa shape index (κ3) is 2.68. The lowest BCUT2D eigenvalue weighted by Crippen LogP contribution is -2.43. The van der Waals surface area contributed by atoms with E-state index in [1.165, 1.54) is 0 Å². The van der Waals surface area contributed by atoms with Crippen molar-refractivity contribution >= 4 is 21.7 Å². The Morgan fingerprint density at radius 2 is 1.93 bits per heavy atom. The molecule has 1 aromatic rings. The van der Waals surface area contributed by atoms with Gasteiger partial charge in [0.05, 0.1) is 17.6 Å². The molecule has 0 amide bonds. The van der Waals surface area contributed by atoms with E-state index in [0.717, 1.165) is 22.5 Å². The van der Waals surface area contributed by atoms with E-state index < -0.39 is 0 Å². The van der Waals surface area contributed by atoms with Gasteiger partial charge >= 0.3 is 0 Å². The van der Waals surface area contributed by atoms with Crippen LogP contribution < -0.4 is 4.90 Å². The molecule has 3 nitrogen and oxygen atoms in total. The Balaban J connectivity index is 3.02. The predicted octanol–water partition coefficient (Wildman–Crippen LogP) is 2.70. The molecule has 0 aliphatic carbocycles. The van der Waals surface area contributed by atoms with Gasteiger partial charge in [0.15, 0.2) is 0 Å². The normalized spacial score (nSPS) is 11.6. The number of anilines is 1. The van der Waals surface area contributed by atoms with Crippen LogP contribution in [-0.2, 0) is 0 Å². The second kappa shape index (κ2) is 4.47. The third-order valence-corrected chi connectivity index (χ3v) is 4.13. The summed E-state index contributed by atoms with van der Waals surface area (Å²) in [6.45, 7) is 8.29. The first kappa shape index (κ1) is 12.4. The van der Waals surface area contributed by atoms with E-state index in [1.807, 2.05) is 27.1 Å². The van der Waals surface area contributed by atoms with Crippen molar-refractivity contribution in [2.24, 2.45) is 0 Å². The summed E-state index contributed by atoms with van der Waals surface area (Å²) in [5, 5.41) is 0.894. The molecule has 1 heterocycles. The Morgan fingerprint density at radius 3 is 2.40 bits per heavy atom. The number of aromatic nitrogens is 2. The molecule has 0 aliphatic heterocycles. The fraction of sp³-hybridized carbons (Fsp3) is 0.636. The summed E-state index contributed by atoms with van der Waals surface area (Å²) in [4.78, 5) is 11.0. The Hall–Kier alpha value is -0.640. The van der Waals surface area contributed by atoms with E-state index in [9.17, 15) is 0 Å². The number of halogens is 1. The van der Waals surface area contributed by atoms with Crippen molar-refractivity contribution in [3.05, 3.63) is 17.6 Å². The standard InChI is InChI=1S/C11H18BrN3/c1-8-9(2)14-10(6-13-8)15(5)11(3,4)7-12/h6H,7H2,1-5H3. The fourth-order valence-electron chi connectivity index (χ4n) is 1.09. The fourth-order valence-corrected chi connectivity index (χ4v) is 1.47. The summed E-state index contributed by atoms with van der Waals surface area (Å²) in [7, 11) is 2.04. The van der Waals surface area contributed by atoms with E-state index in [1.54, 1.807) is 0 Å². The third-order valence-electron chi connectivity index (χ3n) is 2.76. The van der Waals surface area contributed by atoms with Crippen LogP contribution in [0.25, 0.3) is 0 Å². The predicted molar refractivity (Wildman–Crippen MR) is 67.8 cm³/mol. The highest BCUT2D eigenvalue weighted by atomic mass is 79.9. The summed E-state index contributed by atoms with van der Waals surface area (Å²) in [6.07, 6.45) is 1.83. The molecule has 0 unspecified atom stereocenters. The number of rotatable bonds is 3. The maximum atomic E-state index is 4.53. The van der Waals surface area contributed by atoms with Crippen molar-refractivity contribution in [3.8, 4) is 0 Å². The maximum absolute atomic E-state index is 4.53. The molecule has 15 heavy (non-hydrogen) atoms. The van der Waals surface area contributed by atoms with E-state index in [2.05, 4.69) is 44.6 Å². The van der Waals surface area contributed by atoms with Crippen LogP contribution in [0.1, 0.15) is 25.2 Å². The van der Waals surface area contributed by atoms with Crippen LogP contribution in [0.5, 0.6) is 0 Å². The molecule has 0 aliphatic rings. The monoisotopic (exact) mass is 271 g/mol. The number of hydrogen-bond donors (Lipinski definition) is 0. The first-order chi connectivity index (χ1) is 6.88. The van der Waals surface area contributed by atoms with Crippen LogP contribution in [0.4, 0.5) is 5.82 Å². The molecular formula is C11H18BrN3. The van der Waals surface area contributed by atoms with Gasteiger partial charge in [-0.3, -0.25) is 4.98 Å². The largest absolute Gasteiger partial charge is 0.352 e. The average molecular weight is 272 g/mol. The minimum Gasteiger partial charge on any atom is -0.352 e. The lowest BCUT2D eigenvalue weighted by molar-refractivity contribution is 0.545. The second-order valence-electron chi connectivity index (χ2n) is 4.40. The zero-order chi connectivity index (χ0) is 11.6. The number of alkyl halides is 1. The molecule has 0 saturated carbocycles. The van der Waals surface area contributed by atoms with Gasteiger partial charge in [-0.25, -0.2) is 4.98 Å². The van der Waals surface area contributed by atoms with Crippen molar-refractivity contribution in [2.45, 2.75) is 33.2 Å². The first-order valence-electron chi connectivity index (χ1n) is 4.98. The Kier molecular flexibility index (Phi) is 3.71. The van der Waals surface area contributed by atoms with Crippen LogP contribution in [0, 0.1) is 13.8 Å². The summed E-state index contributed by atoms with van der Waals surface area (Å²) < 4.78 is 0. The Labute approximate surface area is 100 Å². The van der Waals surface area contributed by atoms with Gasteiger partial charge in [-0.05, 0) is 27.7 Å². The number of aryl methyl sites for hydroxylation is 2. The van der Waals surface area contributed by atoms with Gasteiger partial charge in [0, 0.05) is 17.9 Å². The minimum absolute atomic E-state index is 0.0381. The Bertz CT molecular complexity index is 350. The molecule has 0 bridgehead atoms. The van der Waals surface area contributed by atoms with Gasteiger partial charge in [0.25, 0.3) is 0 Å². The summed E-state index contributed by atoms with van der Waals surface area (Å²) in [5.74, 6) is 0.919. The summed E-state index contributed by atoms with van der Waals surface area (Å²) >= 11 is 3.51. The minimum atomic E-state index is 0.0381. The molecule has 4 heteroatoms. The molecule has 1 rings (SSSR count). The highest BCUT2D eigenvalue weighted by molar-refractivity contribution is 9.09. The molecule has 0 atom stereocenters. The highest BCUT2D eigenvalue weighted by Crippen LogP contribution is 2.21. The molecule has 84 valence electrons. The molecule has 0 N–H and O–H groups in total. The average Bonchev–Trinajstić information content (AvgIpc) is 2.21. The smallest absolute Gasteiger partial charge is 0.147 e. The van der Waals surface area contributed by atoms with Crippen LogP contribution >= 0.6 is 15.9 Å². The van der Waals surface area contributed by atoms with Crippen LogP contribution in [0.15, 0.2) is 6.20 Å². The van der Waals surface area contributed by atoms with E-state index in [0.29, 0.717) is 0 Å². The van der Waals surface area contributed by atoms with Crippen LogP contribution in [0.2, 0.25) is 0 Å². The SMILES string of the molecule is Cc1ncc(N(C)C(C)(C)CBr)nc1C. The van der Waals surface area contributed by atoms with Crippen LogP contribution in [0.3, 0.4) is 0 Å². The molecule has 0 spiro atoms. The number of nitrogens with zero attached hydrogens (tertiary/aromatic N) is 3. The van der Waals surface area contributed by atoms with Crippen LogP contribution in [-0.4, -0.2) is 27.9 Å². The maximum Gasteiger partial charge on any atom is 0.147 e. The van der Waals surface area contributed by atoms with Crippen molar-refractivity contribution in [2.75, 3.05) is 17.3 Å². The quantitative estimate of drug-likeness (QED) is 0.792. The molecule has 1 aromatic heterocycles. The van der Waals surface area contributed by atoms with Gasteiger partial charge in [0.1, 0.15) is 5.82 Å². The van der Waals surface area contributed by atoms with Crippen molar-refractivity contribution < 1.29 is 0 Å². The van der Waals surface area contributed by atoms with Gasteiger partial charge in [-0.1, -0.05) is 15.9 Å². The van der Waals surface area contributed by atoms with Crippen molar-refractivity contribution in [1.82, 2.24) is 9.97 Å². The lowest BCUT2D eigenvalue weighted by atomic mass is 10.1. The van der Waals surface area contributed by atoms with Gasteiger partial charge in [0.2, 0.25) is 0 Å². The van der Waals surface area contributed by atoms with Gasteiger partial charge in [-0.2, -0.15) is 0 Å². The zero-order valence-electron chi connectivity index (χ0n) is 10.0. The lowest BCUT2D eigenvalue weighted by Gasteiger charge is -2.35. The van der Waals surface area contributed by atoms with Gasteiger partial charge in [-0.15, -0.1) is 0 Å². The van der Waals surface area contributed by atoms with Gasteiger partial charge < -0.3 is 4.90 Å².